The van der Waals surface area contributed by atoms with Crippen molar-refractivity contribution in [1.29, 1.82) is 0 Å². The lowest BCUT2D eigenvalue weighted by atomic mass is 10.1. The van der Waals surface area contributed by atoms with E-state index in [0.29, 0.717) is 28.4 Å². The van der Waals surface area contributed by atoms with Crippen molar-refractivity contribution in [3.63, 3.8) is 0 Å². The molecule has 152 valence electrons. The molecule has 2 N–H and O–H groups in total. The zero-order valence-electron chi connectivity index (χ0n) is 16.2. The molecular weight excluding hydrogens is 420 g/mol. The Hall–Kier alpha value is -3.03. The van der Waals surface area contributed by atoms with E-state index in [-0.39, 0.29) is 17.2 Å². The molecule has 0 aliphatic rings. The van der Waals surface area contributed by atoms with E-state index in [2.05, 4.69) is 15.8 Å². The highest BCUT2D eigenvalue weighted by Crippen LogP contribution is 2.33. The minimum absolute atomic E-state index is 0.153. The molecule has 0 unspecified atom stereocenters. The van der Waals surface area contributed by atoms with Crippen molar-refractivity contribution < 1.29 is 4.79 Å². The van der Waals surface area contributed by atoms with E-state index in [4.69, 9.17) is 11.6 Å². The fourth-order valence-corrected chi connectivity index (χ4v) is 4.49. The number of halogens is 1. The molecule has 0 saturated heterocycles. The van der Waals surface area contributed by atoms with Gasteiger partial charge in [-0.2, -0.15) is 0 Å². The van der Waals surface area contributed by atoms with Gasteiger partial charge in [-0.1, -0.05) is 48.0 Å². The average Bonchev–Trinajstić information content (AvgIpc) is 2.76. The summed E-state index contributed by atoms with van der Waals surface area (Å²) in [5.74, 6) is 0.239. The molecule has 1 amide bonds. The number of benzene rings is 3. The Balaban J connectivity index is 1.48. The maximum Gasteiger partial charge on any atom is 0.262 e. The molecule has 0 aliphatic heterocycles. The molecule has 0 radical (unpaired) electrons. The summed E-state index contributed by atoms with van der Waals surface area (Å²) in [7, 11) is 0. The topological polar surface area (TPSA) is 76.0 Å². The van der Waals surface area contributed by atoms with Crippen LogP contribution in [0.4, 0.5) is 5.95 Å². The van der Waals surface area contributed by atoms with Gasteiger partial charge in [0.25, 0.3) is 5.56 Å². The number of nitrogens with zero attached hydrogens (tertiary/aromatic N) is 2. The first-order valence-corrected chi connectivity index (χ1v) is 10.8. The highest BCUT2D eigenvalue weighted by Gasteiger charge is 2.12. The third-order valence-corrected chi connectivity index (χ3v) is 6.04. The Morgan fingerprint density at radius 3 is 2.67 bits per heavy atom. The van der Waals surface area contributed by atoms with Crippen molar-refractivity contribution in [2.45, 2.75) is 18.4 Å². The van der Waals surface area contributed by atoms with Crippen molar-refractivity contribution in [3.05, 3.63) is 76.0 Å². The number of hydrogen-bond donors (Lipinski definition) is 2. The van der Waals surface area contributed by atoms with Gasteiger partial charge < -0.3 is 0 Å². The number of rotatable bonds is 6. The third-order valence-electron chi connectivity index (χ3n) is 4.67. The zero-order chi connectivity index (χ0) is 21.1. The van der Waals surface area contributed by atoms with Crippen LogP contribution in [0.25, 0.3) is 21.7 Å². The minimum atomic E-state index is -0.242. The average molecular weight is 439 g/mol. The first-order chi connectivity index (χ1) is 14.6. The second-order valence-corrected chi connectivity index (χ2v) is 7.98. The van der Waals surface area contributed by atoms with Crippen molar-refractivity contribution in [1.82, 2.24) is 15.0 Å². The fraction of sp³-hybridized carbons (Fsp3) is 0.136. The number of carbonyl (C=O) groups excluding carboxylic acids is 1. The van der Waals surface area contributed by atoms with Gasteiger partial charge in [-0.3, -0.25) is 25.0 Å². The van der Waals surface area contributed by atoms with Crippen LogP contribution >= 0.6 is 23.4 Å². The van der Waals surface area contributed by atoms with Crippen LogP contribution in [0.2, 0.25) is 5.02 Å². The van der Waals surface area contributed by atoms with E-state index in [9.17, 15) is 9.59 Å². The number of nitrogens with one attached hydrogen (secondary N) is 2. The Morgan fingerprint density at radius 2 is 1.87 bits per heavy atom. The molecule has 0 bridgehead atoms. The Kier molecular flexibility index (Phi) is 5.92. The van der Waals surface area contributed by atoms with E-state index < -0.39 is 0 Å². The van der Waals surface area contributed by atoms with Gasteiger partial charge in [-0.05, 0) is 36.6 Å². The molecule has 0 spiro atoms. The van der Waals surface area contributed by atoms with Gasteiger partial charge in [0.05, 0.1) is 16.7 Å². The van der Waals surface area contributed by atoms with Crippen LogP contribution in [0.1, 0.15) is 6.92 Å². The van der Waals surface area contributed by atoms with E-state index in [0.717, 1.165) is 15.7 Å². The number of amides is 1. The van der Waals surface area contributed by atoms with Crippen LogP contribution in [0, 0.1) is 0 Å². The van der Waals surface area contributed by atoms with Gasteiger partial charge in [0.1, 0.15) is 0 Å². The van der Waals surface area contributed by atoms with Gasteiger partial charge in [0, 0.05) is 21.8 Å². The Morgan fingerprint density at radius 1 is 1.10 bits per heavy atom. The number of thioether (sulfide) groups is 1. The summed E-state index contributed by atoms with van der Waals surface area (Å²) in [6, 6.07) is 18.7. The number of para-hydroxylation sites is 1. The third kappa shape index (κ3) is 3.99. The molecule has 0 atom stereocenters. The normalized spacial score (nSPS) is 11.0. The van der Waals surface area contributed by atoms with Crippen molar-refractivity contribution in [2.24, 2.45) is 0 Å². The minimum Gasteiger partial charge on any atom is -0.277 e. The van der Waals surface area contributed by atoms with Gasteiger partial charge in [-0.15, -0.1) is 11.8 Å². The monoisotopic (exact) mass is 438 g/mol. The Labute approximate surface area is 182 Å². The maximum atomic E-state index is 12.6. The molecule has 3 aromatic carbocycles. The van der Waals surface area contributed by atoms with E-state index in [1.807, 2.05) is 49.4 Å². The molecule has 6 nitrogen and oxygen atoms in total. The van der Waals surface area contributed by atoms with Crippen molar-refractivity contribution >= 4 is 56.9 Å². The number of carbonyl (C=O) groups is 1. The van der Waals surface area contributed by atoms with Crippen LogP contribution in [0.15, 0.2) is 70.4 Å². The maximum absolute atomic E-state index is 12.6. The molecule has 1 aromatic heterocycles. The van der Waals surface area contributed by atoms with Crippen molar-refractivity contribution in [3.8, 4) is 0 Å². The quantitative estimate of drug-likeness (QED) is 0.343. The SMILES string of the molecule is CCn1c(NNC(=O)CSc2cccc3cccc(Cl)c23)nc2ccccc2c1=O. The molecule has 0 fully saturated rings. The van der Waals surface area contributed by atoms with Crippen LogP contribution in [-0.2, 0) is 11.3 Å². The standard InChI is InChI=1S/C22H19ClN4O2S/c1-2-27-21(29)15-9-3-4-11-17(15)24-22(27)26-25-19(28)13-30-18-12-6-8-14-7-5-10-16(23)20(14)18/h3-12H,2,13H2,1H3,(H,24,26)(H,25,28). The lowest BCUT2D eigenvalue weighted by molar-refractivity contribution is -0.118. The van der Waals surface area contributed by atoms with Gasteiger partial charge in [0.2, 0.25) is 11.9 Å². The first kappa shape index (κ1) is 20.3. The summed E-state index contributed by atoms with van der Waals surface area (Å²) >= 11 is 7.75. The van der Waals surface area contributed by atoms with Gasteiger partial charge in [0.15, 0.2) is 0 Å². The van der Waals surface area contributed by atoms with E-state index >= 15 is 0 Å². The number of aromatic nitrogens is 2. The molecule has 4 rings (SSSR count). The fourth-order valence-electron chi connectivity index (χ4n) is 3.24. The molecule has 0 aliphatic carbocycles. The Bertz CT molecular complexity index is 1300. The van der Waals surface area contributed by atoms with Crippen LogP contribution in [0.3, 0.4) is 0 Å². The van der Waals surface area contributed by atoms with E-state index in [1.165, 1.54) is 16.3 Å². The molecule has 8 heteroatoms. The first-order valence-electron chi connectivity index (χ1n) is 9.43. The molecule has 4 aromatic rings. The highest BCUT2D eigenvalue weighted by atomic mass is 35.5. The summed E-state index contributed by atoms with van der Waals surface area (Å²) in [6.07, 6.45) is 0. The predicted molar refractivity (Wildman–Crippen MR) is 123 cm³/mol. The smallest absolute Gasteiger partial charge is 0.262 e. The predicted octanol–water partition coefficient (Wildman–Crippen LogP) is 4.46. The summed E-state index contributed by atoms with van der Waals surface area (Å²) in [5, 5.41) is 3.16. The second-order valence-electron chi connectivity index (χ2n) is 6.56. The van der Waals surface area contributed by atoms with Crippen LogP contribution in [-0.4, -0.2) is 21.2 Å². The molecular formula is C22H19ClN4O2S. The largest absolute Gasteiger partial charge is 0.277 e. The molecule has 1 heterocycles. The summed E-state index contributed by atoms with van der Waals surface area (Å²) < 4.78 is 1.49. The lowest BCUT2D eigenvalue weighted by Crippen LogP contribution is -2.35. The summed E-state index contributed by atoms with van der Waals surface area (Å²) in [5.41, 5.74) is 5.85. The molecule has 0 saturated carbocycles. The van der Waals surface area contributed by atoms with Crippen molar-refractivity contribution in [2.75, 3.05) is 11.2 Å². The zero-order valence-corrected chi connectivity index (χ0v) is 17.8. The number of hydrogen-bond acceptors (Lipinski definition) is 5. The van der Waals surface area contributed by atoms with Crippen LogP contribution < -0.4 is 16.4 Å². The highest BCUT2D eigenvalue weighted by molar-refractivity contribution is 8.00. The van der Waals surface area contributed by atoms with Crippen LogP contribution in [0.5, 0.6) is 0 Å². The van der Waals surface area contributed by atoms with Gasteiger partial charge >= 0.3 is 0 Å². The summed E-state index contributed by atoms with van der Waals surface area (Å²) in [4.78, 5) is 30.5. The second kappa shape index (κ2) is 8.77. The number of fused-ring (bicyclic) bond motifs is 2. The lowest BCUT2D eigenvalue weighted by Gasteiger charge is -2.14. The number of hydrazine groups is 1. The number of anilines is 1. The van der Waals surface area contributed by atoms with E-state index in [1.54, 1.807) is 18.2 Å². The van der Waals surface area contributed by atoms with Gasteiger partial charge in [-0.25, -0.2) is 4.98 Å². The molecule has 30 heavy (non-hydrogen) atoms. The summed E-state index contributed by atoms with van der Waals surface area (Å²) in [6.45, 7) is 2.28.